The molecule has 2 N–H and O–H groups in total. The first kappa shape index (κ1) is 20.3. The summed E-state index contributed by atoms with van der Waals surface area (Å²) in [5.41, 5.74) is 6.14. The molecule has 0 bridgehead atoms. The molecule has 0 aliphatic rings. The number of ether oxygens (including phenoxy) is 2. The summed E-state index contributed by atoms with van der Waals surface area (Å²) in [5.74, 6) is 0.524. The van der Waals surface area contributed by atoms with Crippen molar-refractivity contribution in [3.63, 3.8) is 0 Å². The van der Waals surface area contributed by atoms with E-state index in [2.05, 4.69) is 24.7 Å². The molecule has 0 aliphatic heterocycles. The van der Waals surface area contributed by atoms with Crippen LogP contribution in [0.2, 0.25) is 0 Å². The summed E-state index contributed by atoms with van der Waals surface area (Å²) in [6, 6.07) is 14.5. The van der Waals surface area contributed by atoms with Gasteiger partial charge in [0.15, 0.2) is 6.61 Å². The number of nitrogens with one attached hydrogen (secondary N) is 2. The Morgan fingerprint density at radius 2 is 1.59 bits per heavy atom. The number of hydrogen-bond acceptors (Lipinski definition) is 4. The van der Waals surface area contributed by atoms with Gasteiger partial charge in [0.05, 0.1) is 12.2 Å². The van der Waals surface area contributed by atoms with Crippen molar-refractivity contribution >= 4 is 11.8 Å². The average molecular weight is 370 g/mol. The van der Waals surface area contributed by atoms with Crippen LogP contribution in [0.4, 0.5) is 0 Å². The summed E-state index contributed by atoms with van der Waals surface area (Å²) in [6.45, 7) is 6.42. The number of amides is 2. The molecule has 0 spiro atoms. The van der Waals surface area contributed by atoms with Crippen molar-refractivity contribution in [1.82, 2.24) is 10.9 Å². The highest BCUT2D eigenvalue weighted by atomic mass is 16.5. The van der Waals surface area contributed by atoms with Gasteiger partial charge in [-0.2, -0.15) is 0 Å². The van der Waals surface area contributed by atoms with Crippen LogP contribution in [0.5, 0.6) is 11.5 Å². The number of carbonyl (C=O) groups is 2. The molecule has 0 fully saturated rings. The number of hydrogen-bond donors (Lipinski definition) is 2. The van der Waals surface area contributed by atoms with Crippen LogP contribution < -0.4 is 20.3 Å². The largest absolute Gasteiger partial charge is 0.493 e. The zero-order valence-corrected chi connectivity index (χ0v) is 16.0. The Bertz CT molecular complexity index is 774. The fourth-order valence-corrected chi connectivity index (χ4v) is 2.45. The van der Waals surface area contributed by atoms with Crippen LogP contribution in [0.15, 0.2) is 48.5 Å². The van der Waals surface area contributed by atoms with E-state index in [1.54, 1.807) is 24.3 Å². The summed E-state index contributed by atoms with van der Waals surface area (Å²) in [7, 11) is 0. The number of carbonyl (C=O) groups excluding carboxylic acids is 2. The van der Waals surface area contributed by atoms with Gasteiger partial charge in [0.2, 0.25) is 0 Å². The molecule has 6 nitrogen and oxygen atoms in total. The maximum absolute atomic E-state index is 12.3. The van der Waals surface area contributed by atoms with E-state index in [9.17, 15) is 9.59 Å². The van der Waals surface area contributed by atoms with Crippen molar-refractivity contribution in [2.24, 2.45) is 0 Å². The SMILES string of the molecule is CCCOc1ccccc1C(=O)NNC(=O)COc1ccccc1C(C)C. The van der Waals surface area contributed by atoms with Crippen LogP contribution in [0.3, 0.4) is 0 Å². The molecular formula is C21H26N2O4. The smallest absolute Gasteiger partial charge is 0.276 e. The van der Waals surface area contributed by atoms with Gasteiger partial charge < -0.3 is 9.47 Å². The lowest BCUT2D eigenvalue weighted by molar-refractivity contribution is -0.123. The summed E-state index contributed by atoms with van der Waals surface area (Å²) in [6.07, 6.45) is 0.835. The van der Waals surface area contributed by atoms with Crippen LogP contribution in [0.25, 0.3) is 0 Å². The van der Waals surface area contributed by atoms with Crippen molar-refractivity contribution in [2.45, 2.75) is 33.1 Å². The lowest BCUT2D eigenvalue weighted by Crippen LogP contribution is -2.44. The highest BCUT2D eigenvalue weighted by Crippen LogP contribution is 2.25. The maximum Gasteiger partial charge on any atom is 0.276 e. The summed E-state index contributed by atoms with van der Waals surface area (Å²) >= 11 is 0. The Morgan fingerprint density at radius 1 is 0.926 bits per heavy atom. The Hall–Kier alpha value is -3.02. The van der Waals surface area contributed by atoms with E-state index >= 15 is 0 Å². The number of hydrazine groups is 1. The van der Waals surface area contributed by atoms with Gasteiger partial charge in [0.25, 0.3) is 11.8 Å². The Morgan fingerprint density at radius 3 is 2.30 bits per heavy atom. The van der Waals surface area contributed by atoms with Crippen LogP contribution >= 0.6 is 0 Å². The molecule has 2 rings (SSSR count). The highest BCUT2D eigenvalue weighted by molar-refractivity contribution is 5.97. The van der Waals surface area contributed by atoms with Gasteiger partial charge in [0.1, 0.15) is 11.5 Å². The molecule has 0 aliphatic carbocycles. The van der Waals surface area contributed by atoms with E-state index in [4.69, 9.17) is 9.47 Å². The molecule has 2 aromatic carbocycles. The van der Waals surface area contributed by atoms with Gasteiger partial charge in [-0.1, -0.05) is 51.1 Å². The quantitative estimate of drug-likeness (QED) is 0.698. The number of benzene rings is 2. The van der Waals surface area contributed by atoms with Crippen molar-refractivity contribution in [3.8, 4) is 11.5 Å². The van der Waals surface area contributed by atoms with Crippen molar-refractivity contribution in [1.29, 1.82) is 0 Å². The zero-order chi connectivity index (χ0) is 19.6. The molecule has 0 aromatic heterocycles. The molecule has 0 heterocycles. The van der Waals surface area contributed by atoms with E-state index in [1.807, 2.05) is 31.2 Å². The van der Waals surface area contributed by atoms with Crippen molar-refractivity contribution in [2.75, 3.05) is 13.2 Å². The van der Waals surface area contributed by atoms with Gasteiger partial charge in [-0.15, -0.1) is 0 Å². The standard InChI is InChI=1S/C21H26N2O4/c1-4-13-26-19-12-8-6-10-17(19)21(25)23-22-20(24)14-27-18-11-7-5-9-16(18)15(2)3/h5-12,15H,4,13-14H2,1-3H3,(H,22,24)(H,23,25). The van der Waals surface area contributed by atoms with Gasteiger partial charge in [-0.3, -0.25) is 20.4 Å². The second-order valence-corrected chi connectivity index (χ2v) is 6.33. The van der Waals surface area contributed by atoms with E-state index in [1.165, 1.54) is 0 Å². The van der Waals surface area contributed by atoms with Crippen LogP contribution in [0, 0.1) is 0 Å². The maximum atomic E-state index is 12.3. The first-order chi connectivity index (χ1) is 13.0. The van der Waals surface area contributed by atoms with Gasteiger partial charge in [-0.05, 0) is 36.1 Å². The molecule has 0 saturated heterocycles. The summed E-state index contributed by atoms with van der Waals surface area (Å²) < 4.78 is 11.1. The number of rotatable bonds is 8. The predicted molar refractivity (Wildman–Crippen MR) is 104 cm³/mol. The van der Waals surface area contributed by atoms with Gasteiger partial charge in [-0.25, -0.2) is 0 Å². The minimum atomic E-state index is -0.450. The Balaban J connectivity index is 1.88. The van der Waals surface area contributed by atoms with E-state index in [-0.39, 0.29) is 12.5 Å². The molecule has 144 valence electrons. The third kappa shape index (κ3) is 6.02. The van der Waals surface area contributed by atoms with Crippen molar-refractivity contribution < 1.29 is 19.1 Å². The molecule has 27 heavy (non-hydrogen) atoms. The molecule has 0 radical (unpaired) electrons. The van der Waals surface area contributed by atoms with Crippen molar-refractivity contribution in [3.05, 3.63) is 59.7 Å². The third-order valence-corrected chi connectivity index (χ3v) is 3.81. The van der Waals surface area contributed by atoms with Crippen LogP contribution in [0.1, 0.15) is 49.0 Å². The van der Waals surface area contributed by atoms with E-state index in [0.29, 0.717) is 23.7 Å². The first-order valence-electron chi connectivity index (χ1n) is 9.05. The zero-order valence-electron chi connectivity index (χ0n) is 16.0. The molecule has 0 saturated carbocycles. The molecule has 2 aromatic rings. The fourth-order valence-electron chi connectivity index (χ4n) is 2.45. The lowest BCUT2D eigenvalue weighted by atomic mass is 10.0. The topological polar surface area (TPSA) is 76.7 Å². The molecule has 0 unspecified atom stereocenters. The second kappa shape index (κ2) is 10.2. The third-order valence-electron chi connectivity index (χ3n) is 3.81. The molecule has 0 atom stereocenters. The predicted octanol–water partition coefficient (Wildman–Crippen LogP) is 3.44. The normalized spacial score (nSPS) is 10.4. The molecular weight excluding hydrogens is 344 g/mol. The monoisotopic (exact) mass is 370 g/mol. The summed E-state index contributed by atoms with van der Waals surface area (Å²) in [4.78, 5) is 24.3. The Labute approximate surface area is 159 Å². The summed E-state index contributed by atoms with van der Waals surface area (Å²) in [5, 5.41) is 0. The minimum absolute atomic E-state index is 0.196. The fraction of sp³-hybridized carbons (Fsp3) is 0.333. The Kier molecular flexibility index (Phi) is 7.67. The highest BCUT2D eigenvalue weighted by Gasteiger charge is 2.14. The van der Waals surface area contributed by atoms with Crippen LogP contribution in [-0.4, -0.2) is 25.0 Å². The van der Waals surface area contributed by atoms with Gasteiger partial charge in [0, 0.05) is 0 Å². The number of para-hydroxylation sites is 2. The lowest BCUT2D eigenvalue weighted by Gasteiger charge is -2.14. The van der Waals surface area contributed by atoms with Crippen LogP contribution in [-0.2, 0) is 4.79 Å². The minimum Gasteiger partial charge on any atom is -0.493 e. The molecule has 6 heteroatoms. The van der Waals surface area contributed by atoms with E-state index < -0.39 is 11.8 Å². The van der Waals surface area contributed by atoms with E-state index in [0.717, 1.165) is 12.0 Å². The molecule has 2 amide bonds. The van der Waals surface area contributed by atoms with Gasteiger partial charge >= 0.3 is 0 Å². The second-order valence-electron chi connectivity index (χ2n) is 6.33. The first-order valence-corrected chi connectivity index (χ1v) is 9.05. The average Bonchev–Trinajstić information content (AvgIpc) is 2.69.